The Hall–Kier alpha value is -0.840. The molecular weight excluding hydrogens is 296 g/mol. The van der Waals surface area contributed by atoms with E-state index in [0.29, 0.717) is 0 Å². The van der Waals surface area contributed by atoms with Crippen LogP contribution in [-0.2, 0) is 12.2 Å². The first-order valence-corrected chi connectivity index (χ1v) is 9.59. The van der Waals surface area contributed by atoms with Crippen LogP contribution >= 0.6 is 23.1 Å². The van der Waals surface area contributed by atoms with Crippen LogP contribution in [0.15, 0.2) is 35.7 Å². The zero-order valence-electron chi connectivity index (χ0n) is 12.2. The average molecular weight is 319 g/mol. The van der Waals surface area contributed by atoms with E-state index in [1.807, 2.05) is 18.2 Å². The Morgan fingerprint density at radius 2 is 2.00 bits per heavy atom. The van der Waals surface area contributed by atoms with Crippen LogP contribution in [0.2, 0.25) is 0 Å². The van der Waals surface area contributed by atoms with Crippen molar-refractivity contribution in [3.63, 3.8) is 0 Å². The van der Waals surface area contributed by atoms with Crippen LogP contribution < -0.4 is 5.73 Å². The highest BCUT2D eigenvalue weighted by Crippen LogP contribution is 2.32. The summed E-state index contributed by atoms with van der Waals surface area (Å²) in [5, 5.41) is 4.29. The number of rotatable bonds is 6. The van der Waals surface area contributed by atoms with E-state index in [4.69, 9.17) is 10.7 Å². The molecule has 1 fully saturated rings. The summed E-state index contributed by atoms with van der Waals surface area (Å²) >= 11 is 3.86. The summed E-state index contributed by atoms with van der Waals surface area (Å²) in [7, 11) is 0. The van der Waals surface area contributed by atoms with Gasteiger partial charge in [0.1, 0.15) is 5.01 Å². The fourth-order valence-electron chi connectivity index (χ4n) is 2.80. The maximum Gasteiger partial charge on any atom is 0.103 e. The summed E-state index contributed by atoms with van der Waals surface area (Å²) in [6.07, 6.45) is 6.43. The van der Waals surface area contributed by atoms with Crippen molar-refractivity contribution >= 4 is 23.1 Å². The Morgan fingerprint density at radius 3 is 2.76 bits per heavy atom. The minimum absolute atomic E-state index is 0.0450. The van der Waals surface area contributed by atoms with Crippen molar-refractivity contribution in [2.45, 2.75) is 49.1 Å². The Morgan fingerprint density at radius 1 is 1.24 bits per heavy atom. The summed E-state index contributed by atoms with van der Waals surface area (Å²) in [5.41, 5.74) is 8.59. The second-order valence-electron chi connectivity index (χ2n) is 5.67. The molecule has 1 saturated carbocycles. The number of nitrogens with two attached hydrogens (primary N) is 1. The first-order chi connectivity index (χ1) is 10.3. The molecule has 1 aromatic heterocycles. The smallest absolute Gasteiger partial charge is 0.103 e. The van der Waals surface area contributed by atoms with E-state index in [2.05, 4.69) is 29.3 Å². The monoisotopic (exact) mass is 318 g/mol. The molecule has 0 radical (unpaired) electrons. The van der Waals surface area contributed by atoms with Crippen molar-refractivity contribution in [2.75, 3.05) is 0 Å². The van der Waals surface area contributed by atoms with Crippen LogP contribution in [0.4, 0.5) is 0 Å². The molecular formula is C17H22N2S2. The fourth-order valence-corrected chi connectivity index (χ4v) is 4.97. The van der Waals surface area contributed by atoms with Gasteiger partial charge in [-0.2, -0.15) is 11.8 Å². The van der Waals surface area contributed by atoms with Crippen molar-refractivity contribution in [1.29, 1.82) is 0 Å². The molecule has 0 saturated heterocycles. The van der Waals surface area contributed by atoms with Gasteiger partial charge >= 0.3 is 0 Å². The number of thiazole rings is 1. The zero-order chi connectivity index (χ0) is 14.5. The molecule has 0 bridgehead atoms. The van der Waals surface area contributed by atoms with Crippen LogP contribution in [0.1, 0.15) is 48.0 Å². The van der Waals surface area contributed by atoms with E-state index in [9.17, 15) is 0 Å². The number of nitrogens with zero attached hydrogens (tertiary/aromatic N) is 1. The molecule has 0 amide bonds. The summed E-state index contributed by atoms with van der Waals surface area (Å²) in [6.45, 7) is 0. The molecule has 0 spiro atoms. The number of hydrogen-bond acceptors (Lipinski definition) is 4. The van der Waals surface area contributed by atoms with Crippen molar-refractivity contribution in [3.8, 4) is 0 Å². The molecule has 2 nitrogen and oxygen atoms in total. The van der Waals surface area contributed by atoms with Crippen LogP contribution in [0.5, 0.6) is 0 Å². The maximum absolute atomic E-state index is 6.27. The minimum atomic E-state index is 0.0450. The van der Waals surface area contributed by atoms with Crippen molar-refractivity contribution in [3.05, 3.63) is 52.0 Å². The Kier molecular flexibility index (Phi) is 5.33. The zero-order valence-corrected chi connectivity index (χ0v) is 13.8. The first kappa shape index (κ1) is 15.1. The molecule has 1 heterocycles. The Labute approximate surface area is 135 Å². The topological polar surface area (TPSA) is 38.9 Å². The molecule has 1 aromatic carbocycles. The summed E-state index contributed by atoms with van der Waals surface area (Å²) in [4.78, 5) is 4.75. The van der Waals surface area contributed by atoms with E-state index in [1.165, 1.54) is 36.3 Å². The van der Waals surface area contributed by atoms with Crippen LogP contribution in [0.3, 0.4) is 0 Å². The lowest BCUT2D eigenvalue weighted by molar-refractivity contribution is 0.709. The highest BCUT2D eigenvalue weighted by atomic mass is 32.2. The van der Waals surface area contributed by atoms with E-state index in [0.717, 1.165) is 23.1 Å². The number of hydrogen-bond donors (Lipinski definition) is 1. The second-order valence-corrected chi connectivity index (χ2v) is 7.90. The fraction of sp³-hybridized carbons (Fsp3) is 0.471. The third-order valence-electron chi connectivity index (χ3n) is 4.00. The van der Waals surface area contributed by atoms with Crippen molar-refractivity contribution in [1.82, 2.24) is 4.98 Å². The van der Waals surface area contributed by atoms with E-state index in [1.54, 1.807) is 11.3 Å². The normalized spacial score (nSPS) is 17.2. The quantitative estimate of drug-likeness (QED) is 0.848. The van der Waals surface area contributed by atoms with E-state index >= 15 is 0 Å². The Balaban J connectivity index is 1.52. The number of benzene rings is 1. The van der Waals surface area contributed by atoms with E-state index < -0.39 is 0 Å². The molecule has 1 atom stereocenters. The van der Waals surface area contributed by atoms with Crippen molar-refractivity contribution < 1.29 is 0 Å². The van der Waals surface area contributed by atoms with Gasteiger partial charge in [-0.1, -0.05) is 43.2 Å². The third-order valence-corrected chi connectivity index (χ3v) is 6.46. The van der Waals surface area contributed by atoms with Crippen LogP contribution in [0, 0.1) is 0 Å². The lowest BCUT2D eigenvalue weighted by Gasteiger charge is -2.10. The minimum Gasteiger partial charge on any atom is -0.324 e. The maximum atomic E-state index is 6.27. The van der Waals surface area contributed by atoms with Gasteiger partial charge in [0.2, 0.25) is 0 Å². The standard InChI is InChI=1S/C17H22N2S2/c18-16(13-6-2-1-3-7-13)10-14-11-21-17(19-14)12-20-15-8-4-5-9-15/h1-3,6-7,11,15-16H,4-5,8-10,12,18H2. The molecule has 2 aromatic rings. The third kappa shape index (κ3) is 4.31. The number of thioether (sulfide) groups is 1. The van der Waals surface area contributed by atoms with Gasteiger partial charge in [0.25, 0.3) is 0 Å². The van der Waals surface area contributed by atoms with Gasteiger partial charge in [0.05, 0.1) is 5.69 Å². The van der Waals surface area contributed by atoms with Gasteiger partial charge < -0.3 is 5.73 Å². The second kappa shape index (κ2) is 7.43. The predicted molar refractivity (Wildman–Crippen MR) is 92.7 cm³/mol. The van der Waals surface area contributed by atoms with Gasteiger partial charge in [-0.25, -0.2) is 4.98 Å². The Bertz CT molecular complexity index is 547. The van der Waals surface area contributed by atoms with Gasteiger partial charge in [0, 0.05) is 28.8 Å². The van der Waals surface area contributed by atoms with E-state index in [-0.39, 0.29) is 6.04 Å². The van der Waals surface area contributed by atoms with Crippen LogP contribution in [-0.4, -0.2) is 10.2 Å². The molecule has 21 heavy (non-hydrogen) atoms. The molecule has 1 unspecified atom stereocenters. The van der Waals surface area contributed by atoms with Crippen molar-refractivity contribution in [2.24, 2.45) is 5.73 Å². The average Bonchev–Trinajstić information content (AvgIpc) is 3.17. The largest absolute Gasteiger partial charge is 0.324 e. The summed E-state index contributed by atoms with van der Waals surface area (Å²) < 4.78 is 0. The van der Waals surface area contributed by atoms with Gasteiger partial charge in [-0.15, -0.1) is 11.3 Å². The van der Waals surface area contributed by atoms with Gasteiger partial charge in [-0.3, -0.25) is 0 Å². The lowest BCUT2D eigenvalue weighted by atomic mass is 10.0. The molecule has 1 aliphatic carbocycles. The molecule has 1 aliphatic rings. The summed E-state index contributed by atoms with van der Waals surface area (Å²) in [6, 6.07) is 10.3. The number of aromatic nitrogens is 1. The molecule has 2 N–H and O–H groups in total. The first-order valence-electron chi connectivity index (χ1n) is 7.66. The van der Waals surface area contributed by atoms with Gasteiger partial charge in [-0.05, 0) is 18.4 Å². The molecule has 112 valence electrons. The SMILES string of the molecule is NC(Cc1csc(CSC2CCCC2)n1)c1ccccc1. The highest BCUT2D eigenvalue weighted by molar-refractivity contribution is 7.99. The highest BCUT2D eigenvalue weighted by Gasteiger charge is 2.16. The summed E-state index contributed by atoms with van der Waals surface area (Å²) in [5.74, 6) is 1.07. The predicted octanol–water partition coefficient (Wildman–Crippen LogP) is 4.56. The lowest BCUT2D eigenvalue weighted by Crippen LogP contribution is -2.13. The van der Waals surface area contributed by atoms with Crippen LogP contribution in [0.25, 0.3) is 0 Å². The molecule has 3 rings (SSSR count). The van der Waals surface area contributed by atoms with Gasteiger partial charge in [0.15, 0.2) is 0 Å². The molecule has 4 heteroatoms. The molecule has 0 aliphatic heterocycles.